The first-order chi connectivity index (χ1) is 8.10. The summed E-state index contributed by atoms with van der Waals surface area (Å²) < 4.78 is 9.73. The lowest BCUT2D eigenvalue weighted by Crippen LogP contribution is -2.00. The molecule has 1 heterocycles. The molecule has 88 valence electrons. The SMILES string of the molecule is COC(=O)c1nnc(-c2cc(C)cc(C)c2)o1. The van der Waals surface area contributed by atoms with Crippen LogP contribution < -0.4 is 0 Å². The molecular formula is C12H12N2O3. The first-order valence-electron chi connectivity index (χ1n) is 5.10. The minimum Gasteiger partial charge on any atom is -0.462 e. The second-order valence-corrected chi connectivity index (χ2v) is 3.78. The maximum Gasteiger partial charge on any atom is 0.396 e. The number of esters is 1. The van der Waals surface area contributed by atoms with E-state index in [4.69, 9.17) is 4.42 Å². The van der Waals surface area contributed by atoms with Crippen molar-refractivity contribution in [2.45, 2.75) is 13.8 Å². The predicted molar refractivity (Wildman–Crippen MR) is 60.5 cm³/mol. The maximum absolute atomic E-state index is 11.2. The van der Waals surface area contributed by atoms with Crippen molar-refractivity contribution in [3.63, 3.8) is 0 Å². The fourth-order valence-electron chi connectivity index (χ4n) is 1.61. The highest BCUT2D eigenvalue weighted by atomic mass is 16.5. The van der Waals surface area contributed by atoms with E-state index in [-0.39, 0.29) is 5.89 Å². The molecule has 0 saturated carbocycles. The van der Waals surface area contributed by atoms with Gasteiger partial charge in [0.1, 0.15) is 0 Å². The number of aromatic nitrogens is 2. The molecule has 0 N–H and O–H groups in total. The van der Waals surface area contributed by atoms with Crippen LogP contribution in [0.15, 0.2) is 22.6 Å². The average molecular weight is 232 g/mol. The summed E-state index contributed by atoms with van der Waals surface area (Å²) in [6.07, 6.45) is 0. The zero-order chi connectivity index (χ0) is 12.4. The lowest BCUT2D eigenvalue weighted by Gasteiger charge is -1.99. The van der Waals surface area contributed by atoms with Crippen LogP contribution in [0.2, 0.25) is 0 Å². The Bertz CT molecular complexity index is 540. The predicted octanol–water partition coefficient (Wildman–Crippen LogP) is 2.14. The number of nitrogens with zero attached hydrogens (tertiary/aromatic N) is 2. The first kappa shape index (κ1) is 11.3. The van der Waals surface area contributed by atoms with Gasteiger partial charge in [0.15, 0.2) is 0 Å². The number of benzene rings is 1. The van der Waals surface area contributed by atoms with E-state index in [1.165, 1.54) is 7.11 Å². The lowest BCUT2D eigenvalue weighted by molar-refractivity contribution is 0.0556. The van der Waals surface area contributed by atoms with Crippen LogP contribution in [0.4, 0.5) is 0 Å². The van der Waals surface area contributed by atoms with Gasteiger partial charge in [0.2, 0.25) is 5.89 Å². The Morgan fingerprint density at radius 3 is 2.41 bits per heavy atom. The van der Waals surface area contributed by atoms with Crippen molar-refractivity contribution in [1.29, 1.82) is 0 Å². The number of ether oxygens (including phenoxy) is 1. The molecule has 0 spiro atoms. The van der Waals surface area contributed by atoms with Crippen molar-refractivity contribution >= 4 is 5.97 Å². The van der Waals surface area contributed by atoms with E-state index in [0.717, 1.165) is 16.7 Å². The summed E-state index contributed by atoms with van der Waals surface area (Å²) in [6, 6.07) is 5.88. The lowest BCUT2D eigenvalue weighted by atomic mass is 10.1. The van der Waals surface area contributed by atoms with Gasteiger partial charge in [-0.3, -0.25) is 0 Å². The molecule has 0 unspecified atom stereocenters. The summed E-state index contributed by atoms with van der Waals surface area (Å²) in [4.78, 5) is 11.2. The van der Waals surface area contributed by atoms with Gasteiger partial charge in [-0.1, -0.05) is 17.2 Å². The maximum atomic E-state index is 11.2. The Kier molecular flexibility index (Phi) is 2.91. The van der Waals surface area contributed by atoms with E-state index >= 15 is 0 Å². The molecule has 5 heteroatoms. The molecule has 17 heavy (non-hydrogen) atoms. The third kappa shape index (κ3) is 2.33. The van der Waals surface area contributed by atoms with Crippen LogP contribution in [-0.2, 0) is 4.74 Å². The van der Waals surface area contributed by atoms with Crippen LogP contribution in [0.3, 0.4) is 0 Å². The molecule has 5 nitrogen and oxygen atoms in total. The van der Waals surface area contributed by atoms with Crippen molar-refractivity contribution in [1.82, 2.24) is 10.2 Å². The summed E-state index contributed by atoms with van der Waals surface area (Å²) in [5.41, 5.74) is 2.99. The van der Waals surface area contributed by atoms with Gasteiger partial charge in [-0.2, -0.15) is 0 Å². The van der Waals surface area contributed by atoms with Crippen LogP contribution >= 0.6 is 0 Å². The summed E-state index contributed by atoms with van der Waals surface area (Å²) >= 11 is 0. The number of hydrogen-bond acceptors (Lipinski definition) is 5. The molecule has 0 saturated heterocycles. The largest absolute Gasteiger partial charge is 0.462 e. The standard InChI is InChI=1S/C12H12N2O3/c1-7-4-8(2)6-9(5-7)10-13-14-11(17-10)12(15)16-3/h4-6H,1-3H3. The average Bonchev–Trinajstić information content (AvgIpc) is 2.76. The number of carbonyl (C=O) groups excluding carboxylic acids is 1. The molecule has 0 aliphatic heterocycles. The Hall–Kier alpha value is -2.17. The zero-order valence-electron chi connectivity index (χ0n) is 9.85. The van der Waals surface area contributed by atoms with Gasteiger partial charge in [-0.25, -0.2) is 4.79 Å². The van der Waals surface area contributed by atoms with Gasteiger partial charge in [-0.15, -0.1) is 10.2 Å². The molecule has 0 amide bonds. The van der Waals surface area contributed by atoms with Crippen LogP contribution in [0.1, 0.15) is 21.8 Å². The number of hydrogen-bond donors (Lipinski definition) is 0. The van der Waals surface area contributed by atoms with Crippen molar-refractivity contribution in [2.24, 2.45) is 0 Å². The van der Waals surface area contributed by atoms with E-state index in [1.54, 1.807) is 0 Å². The number of rotatable bonds is 2. The van der Waals surface area contributed by atoms with E-state index in [1.807, 2.05) is 32.0 Å². The molecule has 0 bridgehead atoms. The van der Waals surface area contributed by atoms with Gasteiger partial charge in [-0.05, 0) is 26.0 Å². The quantitative estimate of drug-likeness (QED) is 0.742. The topological polar surface area (TPSA) is 65.2 Å². The van der Waals surface area contributed by atoms with Crippen molar-refractivity contribution in [3.05, 3.63) is 35.2 Å². The van der Waals surface area contributed by atoms with Crippen LogP contribution in [-0.4, -0.2) is 23.3 Å². The minimum absolute atomic E-state index is 0.137. The monoisotopic (exact) mass is 232 g/mol. The van der Waals surface area contributed by atoms with Crippen LogP contribution in [0.25, 0.3) is 11.5 Å². The molecule has 0 aliphatic rings. The van der Waals surface area contributed by atoms with Gasteiger partial charge in [0.25, 0.3) is 0 Å². The Morgan fingerprint density at radius 1 is 1.18 bits per heavy atom. The Balaban J connectivity index is 2.40. The molecule has 2 aromatic rings. The zero-order valence-corrected chi connectivity index (χ0v) is 9.85. The molecule has 0 fully saturated rings. The highest BCUT2D eigenvalue weighted by molar-refractivity contribution is 5.84. The number of aryl methyl sites for hydroxylation is 2. The van der Waals surface area contributed by atoms with Gasteiger partial charge in [0, 0.05) is 5.56 Å². The van der Waals surface area contributed by atoms with Gasteiger partial charge < -0.3 is 9.15 Å². The fraction of sp³-hybridized carbons (Fsp3) is 0.250. The Morgan fingerprint density at radius 2 is 1.82 bits per heavy atom. The summed E-state index contributed by atoms with van der Waals surface area (Å²) in [7, 11) is 1.27. The molecule has 0 aliphatic carbocycles. The van der Waals surface area contributed by atoms with Crippen molar-refractivity contribution in [3.8, 4) is 11.5 Å². The van der Waals surface area contributed by atoms with Crippen LogP contribution in [0.5, 0.6) is 0 Å². The summed E-state index contributed by atoms with van der Waals surface area (Å²) in [5, 5.41) is 7.45. The molecular weight excluding hydrogens is 220 g/mol. The third-order valence-corrected chi connectivity index (χ3v) is 2.25. The summed E-state index contributed by atoms with van der Waals surface area (Å²) in [5.74, 6) is -0.452. The third-order valence-electron chi connectivity index (χ3n) is 2.25. The summed E-state index contributed by atoms with van der Waals surface area (Å²) in [6.45, 7) is 3.96. The number of carbonyl (C=O) groups is 1. The number of methoxy groups -OCH3 is 1. The van der Waals surface area contributed by atoms with Gasteiger partial charge in [0.05, 0.1) is 7.11 Å². The first-order valence-corrected chi connectivity index (χ1v) is 5.10. The molecule has 2 rings (SSSR count). The molecule has 0 radical (unpaired) electrons. The smallest absolute Gasteiger partial charge is 0.396 e. The van der Waals surface area contributed by atoms with E-state index in [2.05, 4.69) is 14.9 Å². The van der Waals surface area contributed by atoms with E-state index in [9.17, 15) is 4.79 Å². The van der Waals surface area contributed by atoms with Crippen LogP contribution in [0, 0.1) is 13.8 Å². The second kappa shape index (κ2) is 4.37. The fourth-order valence-corrected chi connectivity index (χ4v) is 1.61. The van der Waals surface area contributed by atoms with Crippen molar-refractivity contribution < 1.29 is 13.9 Å². The van der Waals surface area contributed by atoms with E-state index < -0.39 is 5.97 Å². The molecule has 1 aromatic carbocycles. The molecule has 1 aromatic heterocycles. The van der Waals surface area contributed by atoms with Gasteiger partial charge >= 0.3 is 11.9 Å². The molecule has 0 atom stereocenters. The van der Waals surface area contributed by atoms with Crippen molar-refractivity contribution in [2.75, 3.05) is 7.11 Å². The normalized spacial score (nSPS) is 10.3. The highest BCUT2D eigenvalue weighted by Crippen LogP contribution is 2.21. The Labute approximate surface area is 98.4 Å². The highest BCUT2D eigenvalue weighted by Gasteiger charge is 2.16. The second-order valence-electron chi connectivity index (χ2n) is 3.78. The van der Waals surface area contributed by atoms with E-state index in [0.29, 0.717) is 5.89 Å². The minimum atomic E-state index is -0.631.